The Morgan fingerprint density at radius 2 is 1.04 bits per heavy atom. The Hall–Kier alpha value is -6.27. The van der Waals surface area contributed by atoms with Gasteiger partial charge in [-0.1, -0.05) is 103 Å². The summed E-state index contributed by atoms with van der Waals surface area (Å²) in [7, 11) is 0. The Labute approximate surface area is 259 Å². The van der Waals surface area contributed by atoms with E-state index in [0.29, 0.717) is 0 Å². The molecule has 45 heavy (non-hydrogen) atoms. The molecule has 0 N–H and O–H groups in total. The number of fused-ring (bicyclic) bond motifs is 5. The van der Waals surface area contributed by atoms with Crippen LogP contribution in [0.3, 0.4) is 0 Å². The highest BCUT2D eigenvalue weighted by Crippen LogP contribution is 2.41. The van der Waals surface area contributed by atoms with E-state index in [1.165, 1.54) is 0 Å². The monoisotopic (exact) mass is 578 g/mol. The van der Waals surface area contributed by atoms with Gasteiger partial charge in [0.1, 0.15) is 5.65 Å². The fourth-order valence-corrected chi connectivity index (χ4v) is 6.54. The maximum Gasteiger partial charge on any atom is 0.170 e. The molecule has 0 radical (unpaired) electrons. The average molecular weight is 579 g/mol. The molecule has 0 aliphatic heterocycles. The molecule has 0 saturated carbocycles. The van der Waals surface area contributed by atoms with Crippen LogP contribution >= 0.6 is 0 Å². The van der Waals surface area contributed by atoms with Crippen LogP contribution < -0.4 is 0 Å². The third kappa shape index (κ3) is 3.86. The van der Waals surface area contributed by atoms with Gasteiger partial charge < -0.3 is 0 Å². The summed E-state index contributed by atoms with van der Waals surface area (Å²) < 4.78 is 6.86. The quantitative estimate of drug-likeness (QED) is 0.205. The van der Waals surface area contributed by atoms with Crippen molar-refractivity contribution in [3.63, 3.8) is 0 Å². The summed E-state index contributed by atoms with van der Waals surface area (Å²) >= 11 is 0. The summed E-state index contributed by atoms with van der Waals surface area (Å²) in [5.41, 5.74) is 11.5. The molecule has 9 aromatic rings. The van der Waals surface area contributed by atoms with E-state index in [-0.39, 0.29) is 0 Å². The zero-order chi connectivity index (χ0) is 29.7. The van der Waals surface area contributed by atoms with Crippen molar-refractivity contribution in [2.75, 3.05) is 0 Å². The lowest BCUT2D eigenvalue weighted by Gasteiger charge is -2.15. The summed E-state index contributed by atoms with van der Waals surface area (Å²) in [6, 6.07) is 52.3. The van der Waals surface area contributed by atoms with Crippen LogP contribution in [0.25, 0.3) is 73.0 Å². The van der Waals surface area contributed by atoms with Crippen LogP contribution in [0.4, 0.5) is 0 Å². The van der Waals surface area contributed by atoms with Crippen molar-refractivity contribution >= 4 is 27.7 Å². The van der Waals surface area contributed by atoms with Crippen molar-refractivity contribution in [3.05, 3.63) is 158 Å². The first-order valence-corrected chi connectivity index (χ1v) is 15.0. The molecule has 0 saturated heterocycles. The highest BCUT2D eigenvalue weighted by Gasteiger charge is 2.26. The topological polar surface area (TPSA) is 52.9 Å². The highest BCUT2D eigenvalue weighted by atomic mass is 15.3. The van der Waals surface area contributed by atoms with Crippen molar-refractivity contribution in [2.45, 2.75) is 0 Å². The molecule has 212 valence electrons. The number of hydrogen-bond donors (Lipinski definition) is 0. The highest BCUT2D eigenvalue weighted by molar-refractivity contribution is 6.07. The van der Waals surface area contributed by atoms with E-state index in [4.69, 9.17) is 15.2 Å². The lowest BCUT2D eigenvalue weighted by molar-refractivity contribution is 1.06. The number of pyridine rings is 1. The second-order valence-corrected chi connectivity index (χ2v) is 11.0. The Kier molecular flexibility index (Phi) is 5.71. The fraction of sp³-hybridized carbons (Fsp3) is 0. The van der Waals surface area contributed by atoms with Crippen LogP contribution in [0.1, 0.15) is 0 Å². The zero-order valence-electron chi connectivity index (χ0n) is 24.2. The number of nitrogens with zero attached hydrogens (tertiary/aromatic N) is 6. The van der Waals surface area contributed by atoms with Gasteiger partial charge in [0.2, 0.25) is 0 Å². The zero-order valence-corrected chi connectivity index (χ0v) is 24.2. The van der Waals surface area contributed by atoms with E-state index < -0.39 is 0 Å². The van der Waals surface area contributed by atoms with Crippen molar-refractivity contribution in [2.24, 2.45) is 0 Å². The van der Waals surface area contributed by atoms with Gasteiger partial charge in [-0.3, -0.25) is 18.5 Å². The largest absolute Gasteiger partial charge is 0.293 e. The van der Waals surface area contributed by atoms with Gasteiger partial charge in [0, 0.05) is 23.0 Å². The van der Waals surface area contributed by atoms with Gasteiger partial charge in [-0.2, -0.15) is 0 Å². The molecular weight excluding hydrogens is 552 g/mol. The molecular formula is C39H26N6. The summed E-state index contributed by atoms with van der Waals surface area (Å²) in [5, 5.41) is 9.65. The number of para-hydroxylation sites is 4. The molecule has 0 amide bonds. The summed E-state index contributed by atoms with van der Waals surface area (Å²) in [5.74, 6) is 1.55. The van der Waals surface area contributed by atoms with Gasteiger partial charge in [0.05, 0.1) is 33.3 Å². The molecule has 0 atom stereocenters. The lowest BCUT2D eigenvalue weighted by Crippen LogP contribution is -2.04. The van der Waals surface area contributed by atoms with Crippen molar-refractivity contribution < 1.29 is 0 Å². The number of benzene rings is 5. The van der Waals surface area contributed by atoms with Crippen LogP contribution in [0.5, 0.6) is 0 Å². The van der Waals surface area contributed by atoms with Crippen LogP contribution in [0, 0.1) is 0 Å². The molecule has 0 fully saturated rings. The van der Waals surface area contributed by atoms with E-state index in [0.717, 1.165) is 73.0 Å². The van der Waals surface area contributed by atoms with Gasteiger partial charge in [-0.05, 0) is 54.1 Å². The molecule has 6 nitrogen and oxygen atoms in total. The Balaban J connectivity index is 1.41. The standard InChI is InChI=1S/C39H26N6/c1-4-15-27(16-5-1)35-36-34(25-14-26-40-36)45-33-24-13-12-23-32(33)44(39(35)45)31-22-11-10-21-30(31)38-42-41-37(28-17-6-2-7-18-28)43(38)29-19-8-3-9-20-29/h1-26H. The van der Waals surface area contributed by atoms with Crippen LogP contribution in [-0.2, 0) is 0 Å². The predicted molar refractivity (Wildman–Crippen MR) is 181 cm³/mol. The SMILES string of the molecule is c1ccc(-c2c3ncccc3n3c4ccccc4n(-c4ccccc4-c4nnc(-c5ccccc5)n4-c4ccccc4)c23)cc1. The van der Waals surface area contributed by atoms with Gasteiger partial charge >= 0.3 is 0 Å². The molecule has 4 heterocycles. The molecule has 0 unspecified atom stereocenters. The van der Waals surface area contributed by atoms with E-state index >= 15 is 0 Å². The lowest BCUT2D eigenvalue weighted by atomic mass is 10.1. The second-order valence-electron chi connectivity index (χ2n) is 11.0. The van der Waals surface area contributed by atoms with Gasteiger partial charge in [0.25, 0.3) is 0 Å². The Morgan fingerprint density at radius 3 is 1.82 bits per heavy atom. The third-order valence-electron chi connectivity index (χ3n) is 8.43. The first kappa shape index (κ1) is 25.2. The number of hydrogen-bond acceptors (Lipinski definition) is 3. The number of imidazole rings is 1. The molecule has 6 heteroatoms. The van der Waals surface area contributed by atoms with Crippen molar-refractivity contribution in [1.82, 2.24) is 28.7 Å². The average Bonchev–Trinajstić information content (AvgIpc) is 3.80. The summed E-state index contributed by atoms with van der Waals surface area (Å²) in [4.78, 5) is 4.92. The van der Waals surface area contributed by atoms with E-state index in [9.17, 15) is 0 Å². The summed E-state index contributed by atoms with van der Waals surface area (Å²) in [6.07, 6.45) is 1.88. The second kappa shape index (κ2) is 10.2. The van der Waals surface area contributed by atoms with E-state index in [1.807, 2.05) is 48.7 Å². The van der Waals surface area contributed by atoms with E-state index in [2.05, 4.69) is 123 Å². The summed E-state index contributed by atoms with van der Waals surface area (Å²) in [6.45, 7) is 0. The van der Waals surface area contributed by atoms with Crippen LogP contribution in [0.15, 0.2) is 158 Å². The van der Waals surface area contributed by atoms with Gasteiger partial charge in [0.15, 0.2) is 11.6 Å². The minimum atomic E-state index is 0.766. The molecule has 0 aliphatic carbocycles. The third-order valence-corrected chi connectivity index (χ3v) is 8.43. The Bertz CT molecular complexity index is 2470. The van der Waals surface area contributed by atoms with Crippen molar-refractivity contribution in [1.29, 1.82) is 0 Å². The predicted octanol–water partition coefficient (Wildman–Crippen LogP) is 9.01. The van der Waals surface area contributed by atoms with Crippen LogP contribution in [0.2, 0.25) is 0 Å². The molecule has 4 aromatic heterocycles. The first-order chi connectivity index (χ1) is 22.4. The maximum absolute atomic E-state index is 4.92. The number of rotatable bonds is 5. The normalized spacial score (nSPS) is 11.6. The minimum absolute atomic E-state index is 0.766. The molecule has 9 rings (SSSR count). The number of aromatic nitrogens is 6. The maximum atomic E-state index is 4.92. The molecule has 0 bridgehead atoms. The minimum Gasteiger partial charge on any atom is -0.293 e. The van der Waals surface area contributed by atoms with Gasteiger partial charge in [-0.15, -0.1) is 10.2 Å². The Morgan fingerprint density at radius 1 is 0.444 bits per heavy atom. The van der Waals surface area contributed by atoms with Crippen molar-refractivity contribution in [3.8, 4) is 45.3 Å². The van der Waals surface area contributed by atoms with Gasteiger partial charge in [-0.25, -0.2) is 0 Å². The molecule has 5 aromatic carbocycles. The van der Waals surface area contributed by atoms with E-state index in [1.54, 1.807) is 0 Å². The first-order valence-electron chi connectivity index (χ1n) is 15.0. The molecule has 0 spiro atoms. The fourth-order valence-electron chi connectivity index (χ4n) is 6.54. The van der Waals surface area contributed by atoms with Crippen LogP contribution in [-0.4, -0.2) is 28.7 Å². The smallest absolute Gasteiger partial charge is 0.170 e. The molecule has 0 aliphatic rings.